The highest BCUT2D eigenvalue weighted by Gasteiger charge is 2.10. The number of anilines is 1. The average molecular weight is 269 g/mol. The minimum absolute atomic E-state index is 0.194. The smallest absolute Gasteiger partial charge is 0.257 e. The standard InChI is InChI=1S/C15H12FN3O/c16-12-4-1-5-13(9-12)19-15(20)14-6-8-18-10-11(14)3-2-7-17/h1,4-6,8-10H,7,17H2,(H,19,20). The van der Waals surface area contributed by atoms with Gasteiger partial charge in [-0.25, -0.2) is 4.39 Å². The van der Waals surface area contributed by atoms with Crippen molar-refractivity contribution >= 4 is 11.6 Å². The number of hydrogen-bond acceptors (Lipinski definition) is 3. The third-order valence-electron chi connectivity index (χ3n) is 2.47. The zero-order valence-electron chi connectivity index (χ0n) is 10.6. The van der Waals surface area contributed by atoms with E-state index in [0.29, 0.717) is 16.8 Å². The number of nitrogens with zero attached hydrogens (tertiary/aromatic N) is 1. The second-order valence-electron chi connectivity index (χ2n) is 3.89. The van der Waals surface area contributed by atoms with Gasteiger partial charge < -0.3 is 11.1 Å². The molecule has 0 fully saturated rings. The van der Waals surface area contributed by atoms with Crippen LogP contribution in [0.15, 0.2) is 42.7 Å². The van der Waals surface area contributed by atoms with Crippen molar-refractivity contribution in [3.63, 3.8) is 0 Å². The van der Waals surface area contributed by atoms with Crippen molar-refractivity contribution in [2.45, 2.75) is 0 Å². The highest BCUT2D eigenvalue weighted by molar-refractivity contribution is 6.05. The number of pyridine rings is 1. The molecule has 3 N–H and O–H groups in total. The Balaban J connectivity index is 2.25. The van der Waals surface area contributed by atoms with Crippen LogP contribution in [0.2, 0.25) is 0 Å². The van der Waals surface area contributed by atoms with E-state index in [1.807, 2.05) is 0 Å². The van der Waals surface area contributed by atoms with Gasteiger partial charge >= 0.3 is 0 Å². The number of benzene rings is 1. The topological polar surface area (TPSA) is 68.0 Å². The maximum atomic E-state index is 13.1. The van der Waals surface area contributed by atoms with Crippen LogP contribution in [0.1, 0.15) is 15.9 Å². The Morgan fingerprint density at radius 3 is 3.00 bits per heavy atom. The van der Waals surface area contributed by atoms with E-state index in [1.54, 1.807) is 12.1 Å². The molecule has 20 heavy (non-hydrogen) atoms. The predicted octanol–water partition coefficient (Wildman–Crippen LogP) is 1.78. The van der Waals surface area contributed by atoms with Crippen LogP contribution in [0.3, 0.4) is 0 Å². The molecule has 2 aromatic rings. The SMILES string of the molecule is NCC#Cc1cnccc1C(=O)Nc1cccc(F)c1. The van der Waals surface area contributed by atoms with Gasteiger partial charge in [-0.05, 0) is 24.3 Å². The van der Waals surface area contributed by atoms with Crippen LogP contribution in [0.25, 0.3) is 0 Å². The summed E-state index contributed by atoms with van der Waals surface area (Å²) in [5.74, 6) is 4.66. The van der Waals surface area contributed by atoms with Gasteiger partial charge in [0.25, 0.3) is 5.91 Å². The Hall–Kier alpha value is -2.71. The fourth-order valence-electron chi connectivity index (χ4n) is 1.60. The summed E-state index contributed by atoms with van der Waals surface area (Å²) in [6, 6.07) is 7.22. The average Bonchev–Trinajstić information content (AvgIpc) is 2.45. The number of aromatic nitrogens is 1. The summed E-state index contributed by atoms with van der Waals surface area (Å²) in [6.07, 6.45) is 2.98. The van der Waals surface area contributed by atoms with Crippen LogP contribution in [0.5, 0.6) is 0 Å². The quantitative estimate of drug-likeness (QED) is 0.817. The molecule has 1 aromatic carbocycles. The fraction of sp³-hybridized carbons (Fsp3) is 0.0667. The van der Waals surface area contributed by atoms with Crippen LogP contribution in [-0.4, -0.2) is 17.4 Å². The van der Waals surface area contributed by atoms with Gasteiger partial charge in [0.1, 0.15) is 5.82 Å². The van der Waals surface area contributed by atoms with E-state index in [9.17, 15) is 9.18 Å². The van der Waals surface area contributed by atoms with Gasteiger partial charge in [-0.2, -0.15) is 0 Å². The van der Waals surface area contributed by atoms with Crippen molar-refractivity contribution < 1.29 is 9.18 Å². The number of halogens is 1. The molecular formula is C15H12FN3O. The van der Waals surface area contributed by atoms with E-state index in [0.717, 1.165) is 0 Å². The lowest BCUT2D eigenvalue weighted by Crippen LogP contribution is -2.14. The third kappa shape index (κ3) is 3.40. The number of carbonyl (C=O) groups excluding carboxylic acids is 1. The van der Waals surface area contributed by atoms with Crippen molar-refractivity contribution in [3.05, 3.63) is 59.7 Å². The number of carbonyl (C=O) groups is 1. The molecule has 0 saturated carbocycles. The molecule has 0 spiro atoms. The highest BCUT2D eigenvalue weighted by Crippen LogP contribution is 2.12. The van der Waals surface area contributed by atoms with E-state index >= 15 is 0 Å². The summed E-state index contributed by atoms with van der Waals surface area (Å²) in [5, 5.41) is 2.61. The Bertz CT molecular complexity index is 689. The van der Waals surface area contributed by atoms with Gasteiger partial charge in [0, 0.05) is 18.1 Å². The molecule has 1 heterocycles. The molecule has 4 nitrogen and oxygen atoms in total. The number of amides is 1. The summed E-state index contributed by atoms with van der Waals surface area (Å²) in [5.41, 5.74) is 6.53. The molecular weight excluding hydrogens is 257 g/mol. The van der Waals surface area contributed by atoms with Crippen molar-refractivity contribution in [1.29, 1.82) is 0 Å². The first-order valence-electron chi connectivity index (χ1n) is 5.90. The summed E-state index contributed by atoms with van der Waals surface area (Å²) in [7, 11) is 0. The Labute approximate surface area is 115 Å². The summed E-state index contributed by atoms with van der Waals surface area (Å²) in [4.78, 5) is 16.1. The zero-order valence-corrected chi connectivity index (χ0v) is 10.6. The van der Waals surface area contributed by atoms with Crippen LogP contribution in [0, 0.1) is 17.7 Å². The normalized spacial score (nSPS) is 9.50. The molecule has 0 radical (unpaired) electrons. The van der Waals surface area contributed by atoms with Gasteiger partial charge in [-0.1, -0.05) is 17.9 Å². The number of rotatable bonds is 2. The first kappa shape index (κ1) is 13.7. The molecule has 0 aliphatic rings. The largest absolute Gasteiger partial charge is 0.322 e. The lowest BCUT2D eigenvalue weighted by atomic mass is 10.1. The van der Waals surface area contributed by atoms with E-state index in [-0.39, 0.29) is 12.5 Å². The molecule has 1 aromatic heterocycles. The Kier molecular flexibility index (Phi) is 4.43. The molecule has 0 saturated heterocycles. The van der Waals surface area contributed by atoms with Gasteiger partial charge in [0.15, 0.2) is 0 Å². The zero-order chi connectivity index (χ0) is 14.4. The van der Waals surface area contributed by atoms with Gasteiger partial charge in [0.05, 0.1) is 17.7 Å². The molecule has 1 amide bonds. The molecule has 2 rings (SSSR count). The number of nitrogens with two attached hydrogens (primary N) is 1. The second-order valence-corrected chi connectivity index (χ2v) is 3.89. The second kappa shape index (κ2) is 6.45. The fourth-order valence-corrected chi connectivity index (χ4v) is 1.60. The van der Waals surface area contributed by atoms with Crippen molar-refractivity contribution in [2.75, 3.05) is 11.9 Å². The molecule has 0 bridgehead atoms. The van der Waals surface area contributed by atoms with Crippen molar-refractivity contribution in [1.82, 2.24) is 4.98 Å². The lowest BCUT2D eigenvalue weighted by molar-refractivity contribution is 0.102. The van der Waals surface area contributed by atoms with Gasteiger partial charge in [-0.15, -0.1) is 0 Å². The Morgan fingerprint density at radius 2 is 2.25 bits per heavy atom. The Morgan fingerprint density at radius 1 is 1.40 bits per heavy atom. The number of hydrogen-bond donors (Lipinski definition) is 2. The van der Waals surface area contributed by atoms with E-state index < -0.39 is 5.82 Å². The minimum atomic E-state index is -0.416. The molecule has 0 unspecified atom stereocenters. The molecule has 0 atom stereocenters. The third-order valence-corrected chi connectivity index (χ3v) is 2.47. The number of nitrogens with one attached hydrogen (secondary N) is 1. The van der Waals surface area contributed by atoms with E-state index in [2.05, 4.69) is 22.1 Å². The van der Waals surface area contributed by atoms with Crippen LogP contribution >= 0.6 is 0 Å². The van der Waals surface area contributed by atoms with Crippen molar-refractivity contribution in [3.8, 4) is 11.8 Å². The predicted molar refractivity (Wildman–Crippen MR) is 74.5 cm³/mol. The summed E-state index contributed by atoms with van der Waals surface area (Å²) in [6.45, 7) is 0.194. The van der Waals surface area contributed by atoms with Gasteiger partial charge in [0.2, 0.25) is 0 Å². The summed E-state index contributed by atoms with van der Waals surface area (Å²) >= 11 is 0. The lowest BCUT2D eigenvalue weighted by Gasteiger charge is -2.06. The monoisotopic (exact) mass is 269 g/mol. The van der Waals surface area contributed by atoms with E-state index in [1.165, 1.54) is 30.6 Å². The molecule has 0 aliphatic carbocycles. The maximum absolute atomic E-state index is 13.1. The maximum Gasteiger partial charge on any atom is 0.257 e. The molecule has 0 aliphatic heterocycles. The van der Waals surface area contributed by atoms with Gasteiger partial charge in [-0.3, -0.25) is 9.78 Å². The first-order valence-corrected chi connectivity index (χ1v) is 5.90. The summed E-state index contributed by atoms with van der Waals surface area (Å²) < 4.78 is 13.1. The van der Waals surface area contributed by atoms with Crippen LogP contribution < -0.4 is 11.1 Å². The molecule has 5 heteroatoms. The van der Waals surface area contributed by atoms with Crippen LogP contribution in [-0.2, 0) is 0 Å². The van der Waals surface area contributed by atoms with Crippen LogP contribution in [0.4, 0.5) is 10.1 Å². The minimum Gasteiger partial charge on any atom is -0.322 e. The highest BCUT2D eigenvalue weighted by atomic mass is 19.1. The van der Waals surface area contributed by atoms with E-state index in [4.69, 9.17) is 5.73 Å². The van der Waals surface area contributed by atoms with Crippen molar-refractivity contribution in [2.24, 2.45) is 5.73 Å². The molecule has 100 valence electrons. The first-order chi connectivity index (χ1) is 9.70.